The number of carbonyl (C=O) groups excluding carboxylic acids is 1. The van der Waals surface area contributed by atoms with Crippen molar-refractivity contribution < 1.29 is 17.9 Å². The van der Waals surface area contributed by atoms with Crippen LogP contribution in [0.2, 0.25) is 0 Å². The highest BCUT2D eigenvalue weighted by Crippen LogP contribution is 2.21. The van der Waals surface area contributed by atoms with E-state index >= 15 is 0 Å². The van der Waals surface area contributed by atoms with Crippen LogP contribution in [0.4, 0.5) is 16.5 Å². The van der Waals surface area contributed by atoms with E-state index < -0.39 is 10.0 Å². The van der Waals surface area contributed by atoms with Gasteiger partial charge in [-0.05, 0) is 42.8 Å². The molecule has 0 saturated heterocycles. The highest BCUT2D eigenvalue weighted by Gasteiger charge is 2.15. The zero-order chi connectivity index (χ0) is 20.7. The summed E-state index contributed by atoms with van der Waals surface area (Å²) in [5.74, 6) is 0.405. The third-order valence-corrected chi connectivity index (χ3v) is 6.00. The van der Waals surface area contributed by atoms with Gasteiger partial charge in [-0.1, -0.05) is 12.1 Å². The Balaban J connectivity index is 1.46. The van der Waals surface area contributed by atoms with Gasteiger partial charge in [0.25, 0.3) is 10.0 Å². The third-order valence-electron chi connectivity index (χ3n) is 3.83. The van der Waals surface area contributed by atoms with Crippen molar-refractivity contribution in [1.29, 1.82) is 0 Å². The van der Waals surface area contributed by atoms with E-state index in [-0.39, 0.29) is 17.2 Å². The minimum atomic E-state index is -3.72. The largest absolute Gasteiger partial charge is 0.491 e. The molecule has 1 amide bonds. The summed E-state index contributed by atoms with van der Waals surface area (Å²) in [6.45, 7) is 0.362. The van der Waals surface area contributed by atoms with Crippen LogP contribution < -0.4 is 20.5 Å². The van der Waals surface area contributed by atoms with Gasteiger partial charge in [0.1, 0.15) is 5.75 Å². The Labute approximate surface area is 172 Å². The van der Waals surface area contributed by atoms with Crippen LogP contribution in [0.3, 0.4) is 0 Å². The molecule has 0 bridgehead atoms. The number of aromatic nitrogens is 1. The number of rotatable bonds is 9. The van der Waals surface area contributed by atoms with Crippen LogP contribution in [0.15, 0.2) is 65.0 Å². The molecule has 0 radical (unpaired) electrons. The van der Waals surface area contributed by atoms with Crippen LogP contribution in [0.5, 0.6) is 5.75 Å². The van der Waals surface area contributed by atoms with Crippen LogP contribution in [0.1, 0.15) is 12.8 Å². The monoisotopic (exact) mass is 432 g/mol. The molecule has 0 aliphatic carbocycles. The Morgan fingerprint density at radius 3 is 2.59 bits per heavy atom. The van der Waals surface area contributed by atoms with E-state index in [9.17, 15) is 13.2 Å². The average Bonchev–Trinajstić information content (AvgIpc) is 3.19. The summed E-state index contributed by atoms with van der Waals surface area (Å²) in [5, 5.41) is 4.70. The van der Waals surface area contributed by atoms with Crippen molar-refractivity contribution >= 4 is 43.8 Å². The first-order valence-electron chi connectivity index (χ1n) is 8.73. The van der Waals surface area contributed by atoms with Crippen molar-refractivity contribution in [3.05, 3.63) is 60.1 Å². The van der Waals surface area contributed by atoms with E-state index in [2.05, 4.69) is 15.0 Å². The Bertz CT molecular complexity index is 1050. The van der Waals surface area contributed by atoms with Gasteiger partial charge in [0.15, 0.2) is 5.13 Å². The Hall–Kier alpha value is -3.11. The Morgan fingerprint density at radius 2 is 1.90 bits per heavy atom. The molecule has 2 aromatic carbocycles. The fraction of sp³-hybridized carbons (Fsp3) is 0.158. The number of thiazole rings is 1. The molecule has 0 aliphatic rings. The lowest BCUT2D eigenvalue weighted by atomic mass is 10.2. The smallest absolute Gasteiger partial charge is 0.263 e. The van der Waals surface area contributed by atoms with Gasteiger partial charge in [-0.3, -0.25) is 9.52 Å². The summed E-state index contributed by atoms with van der Waals surface area (Å²) in [6, 6.07) is 13.1. The highest BCUT2D eigenvalue weighted by molar-refractivity contribution is 7.93. The van der Waals surface area contributed by atoms with Crippen LogP contribution in [-0.2, 0) is 14.8 Å². The zero-order valence-corrected chi connectivity index (χ0v) is 17.0. The first-order valence-corrected chi connectivity index (χ1v) is 11.1. The number of carbonyl (C=O) groups is 1. The standard InChI is InChI=1S/C19H20N4O4S2/c20-16-4-1-2-5-17(16)27-12-3-6-18(24)22-14-7-9-15(10-8-14)29(25,26)23-19-21-11-13-28-19/h1-2,4-5,7-11,13H,3,6,12,20H2,(H,21,23)(H,22,24). The van der Waals surface area contributed by atoms with Gasteiger partial charge in [0.05, 0.1) is 17.2 Å². The number of sulfonamides is 1. The predicted molar refractivity (Wildman–Crippen MR) is 114 cm³/mol. The number of nitrogens with zero attached hydrogens (tertiary/aromatic N) is 1. The van der Waals surface area contributed by atoms with Crippen LogP contribution in [-0.4, -0.2) is 25.9 Å². The zero-order valence-electron chi connectivity index (χ0n) is 15.4. The van der Waals surface area contributed by atoms with Gasteiger partial charge in [-0.25, -0.2) is 13.4 Å². The lowest BCUT2D eigenvalue weighted by molar-refractivity contribution is -0.116. The summed E-state index contributed by atoms with van der Waals surface area (Å²) in [5.41, 5.74) is 6.85. The second-order valence-corrected chi connectivity index (χ2v) is 8.58. The van der Waals surface area contributed by atoms with E-state index in [1.54, 1.807) is 17.5 Å². The summed E-state index contributed by atoms with van der Waals surface area (Å²) in [4.78, 5) is 16.0. The second-order valence-electron chi connectivity index (χ2n) is 6.01. The molecular weight excluding hydrogens is 412 g/mol. The molecule has 0 spiro atoms. The minimum absolute atomic E-state index is 0.0829. The molecule has 3 rings (SSSR count). The van der Waals surface area contributed by atoms with Gasteiger partial charge >= 0.3 is 0 Å². The fourth-order valence-electron chi connectivity index (χ4n) is 2.42. The number of anilines is 3. The molecule has 10 heteroatoms. The van der Waals surface area contributed by atoms with Crippen molar-refractivity contribution in [2.75, 3.05) is 22.4 Å². The third kappa shape index (κ3) is 5.93. The molecule has 0 fully saturated rings. The van der Waals surface area contributed by atoms with Crippen LogP contribution in [0.25, 0.3) is 0 Å². The first kappa shape index (κ1) is 20.6. The van der Waals surface area contributed by atoms with Gasteiger partial charge in [0, 0.05) is 23.7 Å². The number of hydrogen-bond donors (Lipinski definition) is 3. The fourth-order valence-corrected chi connectivity index (χ4v) is 4.20. The maximum Gasteiger partial charge on any atom is 0.263 e. The summed E-state index contributed by atoms with van der Waals surface area (Å²) in [7, 11) is -3.72. The normalized spacial score (nSPS) is 11.0. The van der Waals surface area contributed by atoms with Crippen molar-refractivity contribution in [2.45, 2.75) is 17.7 Å². The second kappa shape index (κ2) is 9.39. The lowest BCUT2D eigenvalue weighted by Crippen LogP contribution is -2.14. The maximum absolute atomic E-state index is 12.3. The number of benzene rings is 2. The summed E-state index contributed by atoms with van der Waals surface area (Å²) in [6.07, 6.45) is 2.30. The van der Waals surface area contributed by atoms with Crippen molar-refractivity contribution in [3.63, 3.8) is 0 Å². The van der Waals surface area contributed by atoms with Gasteiger partial charge in [0.2, 0.25) is 5.91 Å². The number of ether oxygens (including phenoxy) is 1. The van der Waals surface area contributed by atoms with Gasteiger partial charge in [-0.2, -0.15) is 0 Å². The molecule has 1 aromatic heterocycles. The van der Waals surface area contributed by atoms with E-state index in [4.69, 9.17) is 10.5 Å². The topological polar surface area (TPSA) is 123 Å². The van der Waals surface area contributed by atoms with E-state index in [0.29, 0.717) is 35.3 Å². The summed E-state index contributed by atoms with van der Waals surface area (Å²) >= 11 is 1.19. The number of amides is 1. The van der Waals surface area contributed by atoms with E-state index in [0.717, 1.165) is 0 Å². The van der Waals surface area contributed by atoms with Crippen molar-refractivity contribution in [3.8, 4) is 5.75 Å². The molecule has 29 heavy (non-hydrogen) atoms. The van der Waals surface area contributed by atoms with Crippen LogP contribution in [0, 0.1) is 0 Å². The number of nitrogen functional groups attached to an aromatic ring is 1. The quantitative estimate of drug-likeness (QED) is 0.352. The number of para-hydroxylation sites is 2. The van der Waals surface area contributed by atoms with Gasteiger partial charge in [-0.15, -0.1) is 11.3 Å². The van der Waals surface area contributed by atoms with Gasteiger partial charge < -0.3 is 15.8 Å². The van der Waals surface area contributed by atoms with Crippen LogP contribution >= 0.6 is 11.3 Å². The molecule has 0 atom stereocenters. The number of nitrogens with two attached hydrogens (primary N) is 1. The highest BCUT2D eigenvalue weighted by atomic mass is 32.2. The average molecular weight is 433 g/mol. The molecule has 0 unspecified atom stereocenters. The molecule has 3 aromatic rings. The Morgan fingerprint density at radius 1 is 1.14 bits per heavy atom. The lowest BCUT2D eigenvalue weighted by Gasteiger charge is -2.09. The first-order chi connectivity index (χ1) is 13.9. The molecule has 152 valence electrons. The van der Waals surface area contributed by atoms with Crippen molar-refractivity contribution in [2.24, 2.45) is 0 Å². The minimum Gasteiger partial charge on any atom is -0.491 e. The van der Waals surface area contributed by atoms with E-state index in [1.807, 2.05) is 12.1 Å². The number of nitrogens with one attached hydrogen (secondary N) is 2. The molecule has 1 heterocycles. The van der Waals surface area contributed by atoms with E-state index in [1.165, 1.54) is 41.8 Å². The molecule has 0 aliphatic heterocycles. The SMILES string of the molecule is Nc1ccccc1OCCCC(=O)Nc1ccc(S(=O)(=O)Nc2nccs2)cc1. The molecular formula is C19H20N4O4S2. The Kier molecular flexibility index (Phi) is 6.68. The maximum atomic E-state index is 12.3. The summed E-state index contributed by atoms with van der Waals surface area (Å²) < 4.78 is 32.5. The van der Waals surface area contributed by atoms with Crippen molar-refractivity contribution in [1.82, 2.24) is 4.98 Å². The molecule has 8 nitrogen and oxygen atoms in total. The molecule has 0 saturated carbocycles. The predicted octanol–water partition coefficient (Wildman–Crippen LogP) is 3.32. The molecule has 4 N–H and O–H groups in total. The number of hydrogen-bond acceptors (Lipinski definition) is 7.